The number of hydrogen-bond acceptors (Lipinski definition) is 7. The molecule has 1 amide bonds. The summed E-state index contributed by atoms with van der Waals surface area (Å²) in [6, 6.07) is 7.06. The molecule has 1 aliphatic heterocycles. The Morgan fingerprint density at radius 1 is 1.31 bits per heavy atom. The van der Waals surface area contributed by atoms with Gasteiger partial charge in [0.15, 0.2) is 10.6 Å². The van der Waals surface area contributed by atoms with Crippen LogP contribution in [-0.4, -0.2) is 58.9 Å². The summed E-state index contributed by atoms with van der Waals surface area (Å²) in [5.74, 6) is -0.463. The van der Waals surface area contributed by atoms with E-state index < -0.39 is 31.4 Å². The van der Waals surface area contributed by atoms with Crippen LogP contribution in [0.5, 0.6) is 0 Å². The van der Waals surface area contributed by atoms with E-state index in [0.717, 1.165) is 10.4 Å². The predicted octanol–water partition coefficient (Wildman–Crippen LogP) is 0.959. The molecule has 0 N–H and O–H groups in total. The maximum atomic E-state index is 13.2. The number of rotatable bonds is 4. The van der Waals surface area contributed by atoms with Crippen molar-refractivity contribution in [2.24, 2.45) is 0 Å². The fraction of sp³-hybridized carbons (Fsp3) is 0.353. The number of nitrogens with zero attached hydrogens (tertiary/aromatic N) is 6. The summed E-state index contributed by atoms with van der Waals surface area (Å²) < 4.78 is 28.9. The van der Waals surface area contributed by atoms with Crippen LogP contribution in [0.2, 0.25) is 0 Å². The molecule has 0 saturated carbocycles. The molecule has 1 aliphatic rings. The van der Waals surface area contributed by atoms with E-state index in [0.29, 0.717) is 13.0 Å². The number of carbonyl (C=O) groups is 1. The normalized spacial score (nSPS) is 14.5. The number of nitriles is 1. The lowest BCUT2D eigenvalue weighted by molar-refractivity contribution is -0.387. The molecule has 0 radical (unpaired) electrons. The van der Waals surface area contributed by atoms with Gasteiger partial charge in [0.05, 0.1) is 17.2 Å². The van der Waals surface area contributed by atoms with Gasteiger partial charge in [-0.1, -0.05) is 12.1 Å². The third-order valence-corrected chi connectivity index (χ3v) is 6.45. The van der Waals surface area contributed by atoms with Crippen LogP contribution in [0.25, 0.3) is 0 Å². The van der Waals surface area contributed by atoms with E-state index >= 15 is 0 Å². The van der Waals surface area contributed by atoms with Crippen LogP contribution < -0.4 is 0 Å². The second-order valence-electron chi connectivity index (χ2n) is 6.62. The Morgan fingerprint density at radius 3 is 2.62 bits per heavy atom. The van der Waals surface area contributed by atoms with Gasteiger partial charge in [-0.05, 0) is 12.5 Å². The number of fused-ring (bicyclic) bond motifs is 1. The van der Waals surface area contributed by atoms with Crippen molar-refractivity contribution in [1.29, 1.82) is 5.26 Å². The van der Waals surface area contributed by atoms with Crippen LogP contribution in [-0.2, 0) is 23.1 Å². The first-order chi connectivity index (χ1) is 13.7. The highest BCUT2D eigenvalue weighted by Gasteiger charge is 2.35. The number of benzene rings is 1. The van der Waals surface area contributed by atoms with Crippen molar-refractivity contribution in [3.63, 3.8) is 0 Å². The van der Waals surface area contributed by atoms with Gasteiger partial charge in [0.2, 0.25) is 10.0 Å². The molecule has 0 bridgehead atoms. The van der Waals surface area contributed by atoms with E-state index in [1.54, 1.807) is 0 Å². The van der Waals surface area contributed by atoms with Crippen LogP contribution in [0.4, 0.5) is 5.69 Å². The summed E-state index contributed by atoms with van der Waals surface area (Å²) in [6.07, 6.45) is 0.370. The molecule has 0 fully saturated rings. The number of amides is 1. The molecule has 0 spiro atoms. The van der Waals surface area contributed by atoms with Crippen LogP contribution >= 0.6 is 0 Å². The lowest BCUT2D eigenvalue weighted by Crippen LogP contribution is -2.31. The zero-order valence-electron chi connectivity index (χ0n) is 15.8. The third kappa shape index (κ3) is 3.57. The Labute approximate surface area is 166 Å². The monoisotopic (exact) mass is 418 g/mol. The average Bonchev–Trinajstić information content (AvgIpc) is 2.89. The van der Waals surface area contributed by atoms with Gasteiger partial charge in [-0.25, -0.2) is 8.42 Å². The van der Waals surface area contributed by atoms with Crippen molar-refractivity contribution in [3.05, 3.63) is 51.3 Å². The van der Waals surface area contributed by atoms with Gasteiger partial charge in [0.25, 0.3) is 11.6 Å². The van der Waals surface area contributed by atoms with Crippen molar-refractivity contribution >= 4 is 21.6 Å². The summed E-state index contributed by atoms with van der Waals surface area (Å²) in [5, 5.41) is 25.1. The van der Waals surface area contributed by atoms with E-state index in [-0.39, 0.29) is 30.0 Å². The molecular weight excluding hydrogens is 400 g/mol. The van der Waals surface area contributed by atoms with Crippen LogP contribution in [0.3, 0.4) is 0 Å². The van der Waals surface area contributed by atoms with Crippen molar-refractivity contribution in [1.82, 2.24) is 19.0 Å². The molecule has 0 saturated heterocycles. The number of carbonyl (C=O) groups excluding carboxylic acids is 1. The van der Waals surface area contributed by atoms with E-state index in [1.165, 1.54) is 41.9 Å². The zero-order chi connectivity index (χ0) is 21.3. The number of aromatic nitrogens is 2. The lowest BCUT2D eigenvalue weighted by Gasteiger charge is -2.19. The number of nitro benzene ring substituents is 1. The first-order valence-electron chi connectivity index (χ1n) is 8.63. The van der Waals surface area contributed by atoms with Crippen molar-refractivity contribution in [2.75, 3.05) is 20.6 Å². The first-order valence-corrected chi connectivity index (χ1v) is 10.1. The minimum atomic E-state index is -4.21. The summed E-state index contributed by atoms with van der Waals surface area (Å²) in [5.41, 5.74) is -0.266. The molecule has 0 unspecified atom stereocenters. The highest BCUT2D eigenvalue weighted by Crippen LogP contribution is 2.29. The summed E-state index contributed by atoms with van der Waals surface area (Å²) in [7, 11) is -1.16. The number of aryl methyl sites for hydroxylation is 1. The van der Waals surface area contributed by atoms with Crippen molar-refractivity contribution in [2.45, 2.75) is 24.4 Å². The molecule has 29 heavy (non-hydrogen) atoms. The molecule has 0 aliphatic carbocycles. The van der Waals surface area contributed by atoms with Crippen molar-refractivity contribution < 1.29 is 18.1 Å². The SMILES string of the molecule is CN(C)C(=O)c1nn2c(c1C#N)CN(S(=O)(=O)c1ccccc1[N+](=O)[O-])CCC2. The number of nitro groups is 1. The van der Waals surface area contributed by atoms with E-state index in [2.05, 4.69) is 5.10 Å². The van der Waals surface area contributed by atoms with E-state index in [9.17, 15) is 28.6 Å². The molecule has 152 valence electrons. The minimum Gasteiger partial charge on any atom is -0.343 e. The van der Waals surface area contributed by atoms with Gasteiger partial charge in [-0.3, -0.25) is 19.6 Å². The smallest absolute Gasteiger partial charge is 0.289 e. The van der Waals surface area contributed by atoms with Gasteiger partial charge in [-0.2, -0.15) is 14.7 Å². The van der Waals surface area contributed by atoms with Gasteiger partial charge in [0.1, 0.15) is 11.6 Å². The molecule has 1 aromatic heterocycles. The van der Waals surface area contributed by atoms with Crippen LogP contribution in [0.1, 0.15) is 28.2 Å². The van der Waals surface area contributed by atoms with Crippen molar-refractivity contribution in [3.8, 4) is 6.07 Å². The van der Waals surface area contributed by atoms with E-state index in [4.69, 9.17) is 0 Å². The quantitative estimate of drug-likeness (QED) is 0.531. The average molecular weight is 418 g/mol. The Bertz CT molecular complexity index is 1130. The summed E-state index contributed by atoms with van der Waals surface area (Å²) >= 11 is 0. The van der Waals surface area contributed by atoms with Crippen LogP contribution in [0, 0.1) is 21.4 Å². The number of sulfonamides is 1. The Hall–Kier alpha value is -3.30. The van der Waals surface area contributed by atoms with Crippen LogP contribution in [0.15, 0.2) is 29.2 Å². The van der Waals surface area contributed by atoms with Gasteiger partial charge < -0.3 is 4.90 Å². The first kappa shape index (κ1) is 20.4. The molecule has 11 nitrogen and oxygen atoms in total. The maximum absolute atomic E-state index is 13.2. The second-order valence-corrected chi connectivity index (χ2v) is 8.53. The third-order valence-electron chi connectivity index (χ3n) is 4.56. The molecule has 2 heterocycles. The largest absolute Gasteiger partial charge is 0.343 e. The molecule has 12 heteroatoms. The fourth-order valence-corrected chi connectivity index (χ4v) is 4.73. The topological polar surface area (TPSA) is 142 Å². The number of para-hydroxylation sites is 1. The zero-order valence-corrected chi connectivity index (χ0v) is 16.6. The van der Waals surface area contributed by atoms with Gasteiger partial charge >= 0.3 is 0 Å². The Balaban J connectivity index is 2.08. The Kier molecular flexibility index (Phi) is 5.36. The maximum Gasteiger partial charge on any atom is 0.289 e. The molecular formula is C17H18N6O5S. The number of hydrogen-bond donors (Lipinski definition) is 0. The minimum absolute atomic E-state index is 0.00774. The van der Waals surface area contributed by atoms with Gasteiger partial charge in [0, 0.05) is 33.3 Å². The second kappa shape index (κ2) is 7.61. The molecule has 0 atom stereocenters. The molecule has 1 aromatic carbocycles. The fourth-order valence-electron chi connectivity index (χ4n) is 3.13. The highest BCUT2D eigenvalue weighted by molar-refractivity contribution is 7.89. The van der Waals surface area contributed by atoms with E-state index in [1.807, 2.05) is 6.07 Å². The summed E-state index contributed by atoms with van der Waals surface area (Å²) in [4.78, 5) is 23.7. The molecule has 2 aromatic rings. The van der Waals surface area contributed by atoms with Gasteiger partial charge in [-0.15, -0.1) is 0 Å². The lowest BCUT2D eigenvalue weighted by atomic mass is 10.2. The standard InChI is InChI=1S/C17H18N6O5S/c1-20(2)17(24)16-12(10-18)14-11-21(8-5-9-22(14)19-16)29(27,28)15-7-4-3-6-13(15)23(25)26/h3-4,6-7H,5,8-9,11H2,1-2H3. The predicted molar refractivity (Wildman–Crippen MR) is 100 cm³/mol. The molecule has 3 rings (SSSR count). The highest BCUT2D eigenvalue weighted by atomic mass is 32.2. The summed E-state index contributed by atoms with van der Waals surface area (Å²) in [6.45, 7) is 0.193. The Morgan fingerprint density at radius 2 is 2.00 bits per heavy atom.